The molecular formula is C29H23NO4. The van der Waals surface area contributed by atoms with Crippen LogP contribution in [0.4, 0.5) is 11.4 Å². The second-order valence-electron chi connectivity index (χ2n) is 8.24. The third-order valence-corrected chi connectivity index (χ3v) is 6.09. The Morgan fingerprint density at radius 3 is 2.53 bits per heavy atom. The van der Waals surface area contributed by atoms with Crippen molar-refractivity contribution in [2.45, 2.75) is 20.5 Å². The Hall–Kier alpha value is -4.38. The zero-order valence-corrected chi connectivity index (χ0v) is 18.9. The minimum atomic E-state index is -0.481. The fourth-order valence-electron chi connectivity index (χ4n) is 4.16. The van der Waals surface area contributed by atoms with Gasteiger partial charge in [-0.1, -0.05) is 54.6 Å². The predicted octanol–water partition coefficient (Wildman–Crippen LogP) is 6.66. The first kappa shape index (κ1) is 21.5. The second-order valence-corrected chi connectivity index (χ2v) is 8.24. The number of para-hydroxylation sites is 1. The van der Waals surface area contributed by atoms with Crippen molar-refractivity contribution in [1.82, 2.24) is 0 Å². The summed E-state index contributed by atoms with van der Waals surface area (Å²) in [4.78, 5) is 25.3. The molecule has 0 bridgehead atoms. The number of carbonyl (C=O) groups is 1. The molecule has 5 heteroatoms. The smallest absolute Gasteiger partial charge is 0.340 e. The van der Waals surface area contributed by atoms with Gasteiger partial charge < -0.3 is 14.5 Å². The number of rotatable bonds is 5. The Morgan fingerprint density at radius 1 is 0.882 bits per heavy atom. The summed E-state index contributed by atoms with van der Waals surface area (Å²) in [5.41, 5.74) is 4.87. The molecule has 168 valence electrons. The first-order valence-electron chi connectivity index (χ1n) is 11.0. The molecule has 0 spiro atoms. The lowest BCUT2D eigenvalue weighted by molar-refractivity contribution is 0.0475. The van der Waals surface area contributed by atoms with Crippen LogP contribution < -0.4 is 10.9 Å². The monoisotopic (exact) mass is 449 g/mol. The molecule has 34 heavy (non-hydrogen) atoms. The molecule has 4 aromatic carbocycles. The Kier molecular flexibility index (Phi) is 5.60. The van der Waals surface area contributed by atoms with Crippen molar-refractivity contribution in [3.63, 3.8) is 0 Å². The van der Waals surface area contributed by atoms with Crippen LogP contribution in [0.3, 0.4) is 0 Å². The van der Waals surface area contributed by atoms with Crippen LogP contribution in [0.1, 0.15) is 27.0 Å². The number of anilines is 2. The van der Waals surface area contributed by atoms with Gasteiger partial charge in [-0.25, -0.2) is 9.59 Å². The normalized spacial score (nSPS) is 11.0. The Bertz CT molecular complexity index is 1600. The molecule has 1 heterocycles. The van der Waals surface area contributed by atoms with Crippen molar-refractivity contribution < 1.29 is 13.9 Å². The summed E-state index contributed by atoms with van der Waals surface area (Å²) < 4.78 is 11.1. The van der Waals surface area contributed by atoms with Crippen molar-refractivity contribution in [1.29, 1.82) is 0 Å². The number of fused-ring (bicyclic) bond motifs is 3. The molecule has 0 atom stereocenters. The number of esters is 1. The van der Waals surface area contributed by atoms with Crippen LogP contribution in [-0.4, -0.2) is 5.97 Å². The van der Waals surface area contributed by atoms with E-state index in [1.165, 1.54) is 6.07 Å². The topological polar surface area (TPSA) is 68.5 Å². The minimum absolute atomic E-state index is 0.0489. The lowest BCUT2D eigenvalue weighted by Gasteiger charge is -2.15. The molecule has 0 saturated heterocycles. The summed E-state index contributed by atoms with van der Waals surface area (Å²) in [6, 6.07) is 26.1. The molecule has 0 saturated carbocycles. The van der Waals surface area contributed by atoms with E-state index in [4.69, 9.17) is 9.15 Å². The van der Waals surface area contributed by atoms with E-state index >= 15 is 0 Å². The summed E-state index contributed by atoms with van der Waals surface area (Å²) in [6.07, 6.45) is 0. The van der Waals surface area contributed by atoms with Crippen molar-refractivity contribution in [2.24, 2.45) is 0 Å². The molecule has 0 aliphatic rings. The maximum atomic E-state index is 13.1. The molecule has 0 unspecified atom stereocenters. The number of hydrogen-bond acceptors (Lipinski definition) is 5. The van der Waals surface area contributed by atoms with E-state index in [9.17, 15) is 9.59 Å². The van der Waals surface area contributed by atoms with Crippen molar-refractivity contribution in [2.75, 3.05) is 5.32 Å². The molecule has 5 nitrogen and oxygen atoms in total. The van der Waals surface area contributed by atoms with Crippen LogP contribution >= 0.6 is 0 Å². The van der Waals surface area contributed by atoms with E-state index in [0.717, 1.165) is 33.0 Å². The minimum Gasteiger partial charge on any atom is -0.457 e. The third-order valence-electron chi connectivity index (χ3n) is 6.09. The first-order valence-corrected chi connectivity index (χ1v) is 11.0. The maximum Gasteiger partial charge on any atom is 0.340 e. The molecular weight excluding hydrogens is 426 g/mol. The lowest BCUT2D eigenvalue weighted by Crippen LogP contribution is -2.10. The summed E-state index contributed by atoms with van der Waals surface area (Å²) >= 11 is 0. The molecule has 0 aliphatic heterocycles. The van der Waals surface area contributed by atoms with Crippen LogP contribution in [0.5, 0.6) is 0 Å². The molecule has 1 aromatic heterocycles. The fourth-order valence-corrected chi connectivity index (χ4v) is 4.16. The molecule has 5 aromatic rings. The van der Waals surface area contributed by atoms with Gasteiger partial charge in [-0.2, -0.15) is 0 Å². The third kappa shape index (κ3) is 4.04. The fraction of sp³-hybridized carbons (Fsp3) is 0.103. The van der Waals surface area contributed by atoms with E-state index < -0.39 is 11.6 Å². The molecule has 0 radical (unpaired) electrons. The number of nitrogens with one attached hydrogen (secondary N) is 1. The average molecular weight is 450 g/mol. The van der Waals surface area contributed by atoms with Gasteiger partial charge in [-0.3, -0.25) is 0 Å². The number of benzene rings is 4. The zero-order chi connectivity index (χ0) is 23.7. The molecule has 1 N–H and O–H groups in total. The van der Waals surface area contributed by atoms with Gasteiger partial charge in [0, 0.05) is 22.7 Å². The van der Waals surface area contributed by atoms with Gasteiger partial charge >= 0.3 is 11.6 Å². The predicted molar refractivity (Wildman–Crippen MR) is 135 cm³/mol. The van der Waals surface area contributed by atoms with Gasteiger partial charge in [0.2, 0.25) is 0 Å². The Balaban J connectivity index is 1.46. The van der Waals surface area contributed by atoms with Crippen LogP contribution in [-0.2, 0) is 11.3 Å². The van der Waals surface area contributed by atoms with Crippen LogP contribution in [0, 0.1) is 13.8 Å². The summed E-state index contributed by atoms with van der Waals surface area (Å²) in [6.45, 7) is 4.03. The highest BCUT2D eigenvalue weighted by molar-refractivity contribution is 6.07. The van der Waals surface area contributed by atoms with Gasteiger partial charge in [0.1, 0.15) is 12.2 Å². The van der Waals surface area contributed by atoms with E-state index in [-0.39, 0.29) is 6.61 Å². The molecule has 5 rings (SSSR count). The van der Waals surface area contributed by atoms with E-state index in [0.29, 0.717) is 22.4 Å². The van der Waals surface area contributed by atoms with Crippen molar-refractivity contribution in [3.05, 3.63) is 118 Å². The van der Waals surface area contributed by atoms with Crippen molar-refractivity contribution >= 4 is 39.1 Å². The van der Waals surface area contributed by atoms with Gasteiger partial charge in [0.15, 0.2) is 0 Å². The van der Waals surface area contributed by atoms with Gasteiger partial charge in [-0.05, 0) is 60.0 Å². The molecule has 0 amide bonds. The van der Waals surface area contributed by atoms with Gasteiger partial charge in [-0.15, -0.1) is 0 Å². The molecule has 0 aliphatic carbocycles. The number of aryl methyl sites for hydroxylation is 1. The van der Waals surface area contributed by atoms with Crippen LogP contribution in [0.2, 0.25) is 0 Å². The van der Waals surface area contributed by atoms with Crippen LogP contribution in [0.25, 0.3) is 21.7 Å². The quantitative estimate of drug-likeness (QED) is 0.184. The second kappa shape index (κ2) is 8.87. The largest absolute Gasteiger partial charge is 0.457 e. The van der Waals surface area contributed by atoms with E-state index in [1.54, 1.807) is 18.2 Å². The highest BCUT2D eigenvalue weighted by Gasteiger charge is 2.16. The standard InChI is InChI=1S/C29H23NO4/c1-18-8-7-13-24(19(18)2)30-25-12-6-5-11-23(25)29(32)33-17-21-16-27(31)34-26-15-14-20-9-3-4-10-22(20)28(21)26/h3-16,30H,17H2,1-2H3. The number of carbonyl (C=O) groups excluding carboxylic acids is 1. The highest BCUT2D eigenvalue weighted by Crippen LogP contribution is 2.29. The summed E-state index contributed by atoms with van der Waals surface area (Å²) in [7, 11) is 0. The summed E-state index contributed by atoms with van der Waals surface area (Å²) in [5.74, 6) is -0.477. The van der Waals surface area contributed by atoms with E-state index in [2.05, 4.69) is 5.32 Å². The number of ether oxygens (including phenoxy) is 1. The van der Waals surface area contributed by atoms with Gasteiger partial charge in [0.25, 0.3) is 0 Å². The zero-order valence-electron chi connectivity index (χ0n) is 18.9. The Labute approximate surface area is 196 Å². The van der Waals surface area contributed by atoms with Gasteiger partial charge in [0.05, 0.1) is 11.3 Å². The molecule has 0 fully saturated rings. The highest BCUT2D eigenvalue weighted by atomic mass is 16.5. The summed E-state index contributed by atoms with van der Waals surface area (Å²) in [5, 5.41) is 6.08. The Morgan fingerprint density at radius 2 is 1.65 bits per heavy atom. The lowest BCUT2D eigenvalue weighted by atomic mass is 10.0. The van der Waals surface area contributed by atoms with Crippen molar-refractivity contribution in [3.8, 4) is 0 Å². The maximum absolute atomic E-state index is 13.1. The van der Waals surface area contributed by atoms with Crippen LogP contribution in [0.15, 0.2) is 94.1 Å². The average Bonchev–Trinajstić information content (AvgIpc) is 2.85. The van der Waals surface area contributed by atoms with E-state index in [1.807, 2.05) is 74.5 Å². The SMILES string of the molecule is Cc1cccc(Nc2ccccc2C(=O)OCc2cc(=O)oc3ccc4ccccc4c23)c1C. The first-order chi connectivity index (χ1) is 16.5. The number of hydrogen-bond donors (Lipinski definition) is 1.